The van der Waals surface area contributed by atoms with Gasteiger partial charge in [0, 0.05) is 13.2 Å². The van der Waals surface area contributed by atoms with Gasteiger partial charge in [0.2, 0.25) is 5.91 Å². The Morgan fingerprint density at radius 1 is 1.04 bits per heavy atom. The highest BCUT2D eigenvalue weighted by molar-refractivity contribution is 5.88. The van der Waals surface area contributed by atoms with E-state index in [2.05, 4.69) is 5.32 Å². The molecule has 138 valence electrons. The summed E-state index contributed by atoms with van der Waals surface area (Å²) in [4.78, 5) is 13.0. The van der Waals surface area contributed by atoms with E-state index in [9.17, 15) is 4.79 Å². The SMILES string of the molecule is COc1ccc(OCCNC(=O)C2(c3ccccc3)CCOCC2)cc1. The fourth-order valence-corrected chi connectivity index (χ4v) is 3.30. The fourth-order valence-electron chi connectivity index (χ4n) is 3.30. The van der Waals surface area contributed by atoms with Gasteiger partial charge < -0.3 is 19.5 Å². The molecule has 26 heavy (non-hydrogen) atoms. The molecule has 0 bridgehead atoms. The normalized spacial score (nSPS) is 15.9. The Bertz CT molecular complexity index is 694. The van der Waals surface area contributed by atoms with E-state index in [1.54, 1.807) is 7.11 Å². The number of methoxy groups -OCH3 is 1. The van der Waals surface area contributed by atoms with Gasteiger partial charge in [-0.3, -0.25) is 4.79 Å². The van der Waals surface area contributed by atoms with E-state index in [-0.39, 0.29) is 5.91 Å². The van der Waals surface area contributed by atoms with Crippen LogP contribution in [0.15, 0.2) is 54.6 Å². The van der Waals surface area contributed by atoms with E-state index >= 15 is 0 Å². The molecule has 5 nitrogen and oxygen atoms in total. The van der Waals surface area contributed by atoms with E-state index in [1.165, 1.54) is 0 Å². The zero-order valence-corrected chi connectivity index (χ0v) is 15.1. The Morgan fingerprint density at radius 3 is 2.35 bits per heavy atom. The van der Waals surface area contributed by atoms with E-state index in [1.807, 2.05) is 54.6 Å². The van der Waals surface area contributed by atoms with Crippen LogP contribution in [-0.4, -0.2) is 39.4 Å². The van der Waals surface area contributed by atoms with E-state index in [4.69, 9.17) is 14.2 Å². The number of hydrogen-bond acceptors (Lipinski definition) is 4. The number of rotatable bonds is 7. The van der Waals surface area contributed by atoms with Crippen molar-refractivity contribution in [3.63, 3.8) is 0 Å². The number of carbonyl (C=O) groups excluding carboxylic acids is 1. The monoisotopic (exact) mass is 355 g/mol. The minimum absolute atomic E-state index is 0.0466. The summed E-state index contributed by atoms with van der Waals surface area (Å²) in [5.74, 6) is 1.59. The Morgan fingerprint density at radius 2 is 1.69 bits per heavy atom. The molecule has 0 atom stereocenters. The van der Waals surface area contributed by atoms with Gasteiger partial charge in [-0.1, -0.05) is 30.3 Å². The number of hydrogen-bond donors (Lipinski definition) is 1. The van der Waals surface area contributed by atoms with Crippen molar-refractivity contribution in [1.29, 1.82) is 0 Å². The lowest BCUT2D eigenvalue weighted by Gasteiger charge is -2.36. The minimum Gasteiger partial charge on any atom is -0.497 e. The predicted octanol–water partition coefficient (Wildman–Crippen LogP) is 2.94. The van der Waals surface area contributed by atoms with Gasteiger partial charge in [0.05, 0.1) is 19.1 Å². The largest absolute Gasteiger partial charge is 0.497 e. The smallest absolute Gasteiger partial charge is 0.230 e. The van der Waals surface area contributed by atoms with Crippen LogP contribution >= 0.6 is 0 Å². The lowest BCUT2D eigenvalue weighted by molar-refractivity contribution is -0.130. The Kier molecular flexibility index (Phi) is 6.12. The fraction of sp³-hybridized carbons (Fsp3) is 0.381. The summed E-state index contributed by atoms with van der Waals surface area (Å²) in [6.07, 6.45) is 1.39. The van der Waals surface area contributed by atoms with Crippen molar-refractivity contribution in [2.75, 3.05) is 33.5 Å². The van der Waals surface area contributed by atoms with Crippen LogP contribution in [-0.2, 0) is 14.9 Å². The topological polar surface area (TPSA) is 56.8 Å². The van der Waals surface area contributed by atoms with Crippen LogP contribution in [0.4, 0.5) is 0 Å². The molecule has 0 saturated carbocycles. The Balaban J connectivity index is 1.56. The maximum Gasteiger partial charge on any atom is 0.230 e. The van der Waals surface area contributed by atoms with Crippen molar-refractivity contribution in [3.8, 4) is 11.5 Å². The Hall–Kier alpha value is -2.53. The summed E-state index contributed by atoms with van der Waals surface area (Å²) in [7, 11) is 1.63. The van der Waals surface area contributed by atoms with Crippen LogP contribution in [0.3, 0.4) is 0 Å². The van der Waals surface area contributed by atoms with Crippen LogP contribution < -0.4 is 14.8 Å². The molecule has 5 heteroatoms. The number of carbonyl (C=O) groups is 1. The minimum atomic E-state index is -0.514. The van der Waals surface area contributed by atoms with Crippen molar-refractivity contribution in [1.82, 2.24) is 5.32 Å². The third-order valence-electron chi connectivity index (χ3n) is 4.82. The summed E-state index contributed by atoms with van der Waals surface area (Å²) >= 11 is 0. The van der Waals surface area contributed by atoms with Crippen molar-refractivity contribution in [2.24, 2.45) is 0 Å². The average Bonchev–Trinajstić information content (AvgIpc) is 2.72. The number of amides is 1. The van der Waals surface area contributed by atoms with Crippen LogP contribution in [0.1, 0.15) is 18.4 Å². The molecular formula is C21H25NO4. The molecule has 1 fully saturated rings. The predicted molar refractivity (Wildman–Crippen MR) is 99.7 cm³/mol. The summed E-state index contributed by atoms with van der Waals surface area (Å²) in [6, 6.07) is 17.4. The summed E-state index contributed by atoms with van der Waals surface area (Å²) in [5, 5.41) is 3.04. The molecule has 1 N–H and O–H groups in total. The van der Waals surface area contributed by atoms with Crippen molar-refractivity contribution in [3.05, 3.63) is 60.2 Å². The first kappa shape index (κ1) is 18.3. The second-order valence-corrected chi connectivity index (χ2v) is 6.34. The van der Waals surface area contributed by atoms with Crippen LogP contribution in [0, 0.1) is 0 Å². The average molecular weight is 355 g/mol. The maximum absolute atomic E-state index is 13.0. The quantitative estimate of drug-likeness (QED) is 0.776. The number of nitrogens with one attached hydrogen (secondary N) is 1. The molecular weight excluding hydrogens is 330 g/mol. The molecule has 1 saturated heterocycles. The van der Waals surface area contributed by atoms with Crippen LogP contribution in [0.5, 0.6) is 11.5 Å². The summed E-state index contributed by atoms with van der Waals surface area (Å²) < 4.78 is 16.3. The summed E-state index contributed by atoms with van der Waals surface area (Å²) in [5.41, 5.74) is 0.538. The molecule has 0 spiro atoms. The zero-order valence-electron chi connectivity index (χ0n) is 15.1. The first-order valence-corrected chi connectivity index (χ1v) is 8.93. The molecule has 1 aliphatic rings. The van der Waals surface area contributed by atoms with Gasteiger partial charge in [-0.25, -0.2) is 0 Å². The van der Waals surface area contributed by atoms with E-state index < -0.39 is 5.41 Å². The number of benzene rings is 2. The molecule has 1 heterocycles. The van der Waals surface area contributed by atoms with Gasteiger partial charge in [0.1, 0.15) is 18.1 Å². The molecule has 3 rings (SSSR count). The van der Waals surface area contributed by atoms with Crippen LogP contribution in [0.25, 0.3) is 0 Å². The van der Waals surface area contributed by atoms with Gasteiger partial charge in [0.25, 0.3) is 0 Å². The van der Waals surface area contributed by atoms with Crippen molar-refractivity contribution >= 4 is 5.91 Å². The first-order chi connectivity index (χ1) is 12.7. The van der Waals surface area contributed by atoms with Gasteiger partial charge in [0.15, 0.2) is 0 Å². The lowest BCUT2D eigenvalue weighted by atomic mass is 9.73. The first-order valence-electron chi connectivity index (χ1n) is 8.93. The highest BCUT2D eigenvalue weighted by atomic mass is 16.5. The standard InChI is InChI=1S/C21H25NO4/c1-24-18-7-9-19(10-8-18)26-16-13-22-20(23)21(11-14-25-15-12-21)17-5-3-2-4-6-17/h2-10H,11-16H2,1H3,(H,22,23). The lowest BCUT2D eigenvalue weighted by Crippen LogP contribution is -2.48. The van der Waals surface area contributed by atoms with Crippen LogP contribution in [0.2, 0.25) is 0 Å². The highest BCUT2D eigenvalue weighted by Gasteiger charge is 2.41. The third-order valence-corrected chi connectivity index (χ3v) is 4.82. The van der Waals surface area contributed by atoms with Gasteiger partial charge in [-0.05, 0) is 42.7 Å². The number of ether oxygens (including phenoxy) is 3. The van der Waals surface area contributed by atoms with Crippen molar-refractivity contribution in [2.45, 2.75) is 18.3 Å². The van der Waals surface area contributed by atoms with Gasteiger partial charge >= 0.3 is 0 Å². The molecule has 0 aromatic heterocycles. The molecule has 0 aliphatic carbocycles. The Labute approximate surface area is 154 Å². The zero-order chi connectivity index (χ0) is 18.2. The molecule has 2 aromatic rings. The molecule has 1 amide bonds. The molecule has 0 radical (unpaired) electrons. The van der Waals surface area contributed by atoms with Crippen molar-refractivity contribution < 1.29 is 19.0 Å². The highest BCUT2D eigenvalue weighted by Crippen LogP contribution is 2.35. The molecule has 1 aliphatic heterocycles. The van der Waals surface area contributed by atoms with E-state index in [0.29, 0.717) is 39.2 Å². The van der Waals surface area contributed by atoms with Gasteiger partial charge in [-0.2, -0.15) is 0 Å². The second kappa shape index (κ2) is 8.72. The van der Waals surface area contributed by atoms with Gasteiger partial charge in [-0.15, -0.1) is 0 Å². The van der Waals surface area contributed by atoms with E-state index in [0.717, 1.165) is 17.1 Å². The second-order valence-electron chi connectivity index (χ2n) is 6.34. The maximum atomic E-state index is 13.0. The third kappa shape index (κ3) is 4.17. The molecule has 0 unspecified atom stereocenters. The summed E-state index contributed by atoms with van der Waals surface area (Å²) in [6.45, 7) is 2.08. The molecule has 2 aromatic carbocycles.